The molecule has 4 rings (SSSR count). The molecule has 0 spiro atoms. The van der Waals surface area contributed by atoms with Crippen LogP contribution in [0.2, 0.25) is 0 Å². The van der Waals surface area contributed by atoms with E-state index in [1.54, 1.807) is 18.2 Å². The maximum Gasteiger partial charge on any atom is 0.337 e. The van der Waals surface area contributed by atoms with Crippen LogP contribution in [0.15, 0.2) is 42.5 Å². The largest absolute Gasteiger partial charge is 0.478 e. The number of H-pyrrole nitrogens is 1. The fourth-order valence-electron chi connectivity index (χ4n) is 4.07. The lowest BCUT2D eigenvalue weighted by atomic mass is 9.88. The molecule has 1 heterocycles. The van der Waals surface area contributed by atoms with Crippen molar-refractivity contribution in [2.24, 2.45) is 5.92 Å². The van der Waals surface area contributed by atoms with Crippen LogP contribution in [0.25, 0.3) is 10.9 Å². The highest BCUT2D eigenvalue weighted by molar-refractivity contribution is 6.10. The number of fused-ring (bicyclic) bond motifs is 1. The fourth-order valence-corrected chi connectivity index (χ4v) is 4.07. The number of para-hydroxylation sites is 1. The van der Waals surface area contributed by atoms with Crippen molar-refractivity contribution in [2.75, 3.05) is 10.6 Å². The minimum Gasteiger partial charge on any atom is -0.478 e. The first-order chi connectivity index (χ1) is 15.5. The molecule has 1 saturated carbocycles. The Morgan fingerprint density at radius 1 is 1.00 bits per heavy atom. The minimum atomic E-state index is -1.25. The summed E-state index contributed by atoms with van der Waals surface area (Å²) in [6.45, 7) is 0. The molecule has 32 heavy (non-hydrogen) atoms. The summed E-state index contributed by atoms with van der Waals surface area (Å²) >= 11 is 0. The monoisotopic (exact) mass is 430 g/mol. The first-order valence-corrected chi connectivity index (χ1v) is 10.5. The minimum absolute atomic E-state index is 0.00237. The number of nitrogens with zero attached hydrogens (tertiary/aromatic N) is 1. The van der Waals surface area contributed by atoms with E-state index >= 15 is 0 Å². The SMILES string of the molecule is N#Cc1ccc(NC(=O)c2cc3cccc(NC(=O)C4CCCCC4)c3[nH]2)c(C(=O)O)c1. The van der Waals surface area contributed by atoms with Crippen LogP contribution < -0.4 is 10.6 Å². The molecule has 1 fully saturated rings. The number of carboxylic acids is 1. The highest BCUT2D eigenvalue weighted by atomic mass is 16.4. The number of hydrogen-bond acceptors (Lipinski definition) is 4. The quantitative estimate of drug-likeness (QED) is 0.472. The number of carbonyl (C=O) groups is 3. The third-order valence-electron chi connectivity index (χ3n) is 5.76. The Labute approximate surface area is 184 Å². The molecule has 162 valence electrons. The van der Waals surface area contributed by atoms with E-state index in [2.05, 4.69) is 15.6 Å². The van der Waals surface area contributed by atoms with Gasteiger partial charge in [0, 0.05) is 11.3 Å². The molecule has 2 amide bonds. The van der Waals surface area contributed by atoms with E-state index in [1.807, 2.05) is 12.1 Å². The maximum atomic E-state index is 12.8. The summed E-state index contributed by atoms with van der Waals surface area (Å²) < 4.78 is 0. The lowest BCUT2D eigenvalue weighted by molar-refractivity contribution is -0.120. The van der Waals surface area contributed by atoms with E-state index in [9.17, 15) is 19.5 Å². The molecule has 4 N–H and O–H groups in total. The van der Waals surface area contributed by atoms with E-state index in [1.165, 1.54) is 18.2 Å². The summed E-state index contributed by atoms with van der Waals surface area (Å²) in [6, 6.07) is 13.0. The molecule has 0 atom stereocenters. The number of carbonyl (C=O) groups excluding carboxylic acids is 2. The van der Waals surface area contributed by atoms with Crippen molar-refractivity contribution in [1.82, 2.24) is 4.98 Å². The zero-order chi connectivity index (χ0) is 22.7. The van der Waals surface area contributed by atoms with E-state index in [0.717, 1.165) is 37.5 Å². The Kier molecular flexibility index (Phi) is 5.90. The molecular weight excluding hydrogens is 408 g/mol. The third kappa shape index (κ3) is 4.32. The molecule has 8 heteroatoms. The number of carboxylic acid groups (broad SMARTS) is 1. The van der Waals surface area contributed by atoms with Gasteiger partial charge in [0.25, 0.3) is 5.91 Å². The van der Waals surface area contributed by atoms with E-state index in [-0.39, 0.29) is 34.3 Å². The van der Waals surface area contributed by atoms with Crippen LogP contribution >= 0.6 is 0 Å². The summed E-state index contributed by atoms with van der Waals surface area (Å²) in [5.74, 6) is -1.79. The van der Waals surface area contributed by atoms with Crippen molar-refractivity contribution in [1.29, 1.82) is 5.26 Å². The molecule has 1 aliphatic carbocycles. The summed E-state index contributed by atoms with van der Waals surface area (Å²) in [6.07, 6.45) is 5.05. The molecule has 0 saturated heterocycles. The van der Waals surface area contributed by atoms with Crippen LogP contribution in [-0.2, 0) is 4.79 Å². The molecule has 2 aromatic carbocycles. The summed E-state index contributed by atoms with van der Waals surface area (Å²) in [5.41, 5.74) is 1.55. The smallest absolute Gasteiger partial charge is 0.337 e. The average molecular weight is 430 g/mol. The van der Waals surface area contributed by atoms with Crippen molar-refractivity contribution in [3.05, 3.63) is 59.3 Å². The van der Waals surface area contributed by atoms with Crippen LogP contribution in [-0.4, -0.2) is 27.9 Å². The molecule has 1 aliphatic rings. The van der Waals surface area contributed by atoms with Gasteiger partial charge in [0.15, 0.2) is 0 Å². The van der Waals surface area contributed by atoms with Crippen LogP contribution in [0.1, 0.15) is 58.5 Å². The lowest BCUT2D eigenvalue weighted by Gasteiger charge is -2.20. The Morgan fingerprint density at radius 3 is 2.50 bits per heavy atom. The average Bonchev–Trinajstić information content (AvgIpc) is 3.25. The van der Waals surface area contributed by atoms with Gasteiger partial charge in [0.1, 0.15) is 5.69 Å². The van der Waals surface area contributed by atoms with Gasteiger partial charge in [-0.3, -0.25) is 9.59 Å². The second-order valence-electron chi connectivity index (χ2n) is 7.91. The first kappa shape index (κ1) is 21.1. The number of amides is 2. The highest BCUT2D eigenvalue weighted by Crippen LogP contribution is 2.28. The summed E-state index contributed by atoms with van der Waals surface area (Å²) in [5, 5.41) is 24.7. The Bertz CT molecular complexity index is 1250. The van der Waals surface area contributed by atoms with Gasteiger partial charge in [-0.2, -0.15) is 5.26 Å². The van der Waals surface area contributed by atoms with Gasteiger partial charge in [-0.1, -0.05) is 31.4 Å². The number of aromatic carboxylic acids is 1. The second kappa shape index (κ2) is 8.94. The molecule has 3 aromatic rings. The molecule has 0 unspecified atom stereocenters. The van der Waals surface area contributed by atoms with Crippen LogP contribution in [0.4, 0.5) is 11.4 Å². The van der Waals surface area contributed by atoms with Crippen molar-refractivity contribution >= 4 is 40.1 Å². The highest BCUT2D eigenvalue weighted by Gasteiger charge is 2.22. The number of nitriles is 1. The van der Waals surface area contributed by atoms with Crippen LogP contribution in [0, 0.1) is 17.2 Å². The van der Waals surface area contributed by atoms with Gasteiger partial charge in [-0.05, 0) is 43.2 Å². The summed E-state index contributed by atoms with van der Waals surface area (Å²) in [7, 11) is 0. The number of nitrogens with one attached hydrogen (secondary N) is 3. The molecule has 0 radical (unpaired) electrons. The Balaban J connectivity index is 1.57. The Morgan fingerprint density at radius 2 is 1.78 bits per heavy atom. The first-order valence-electron chi connectivity index (χ1n) is 10.5. The standard InChI is InChI=1S/C24H22N4O4/c25-13-14-9-10-18(17(11-14)24(31)32)27-23(30)20-12-16-7-4-8-19(21(16)26-20)28-22(29)15-5-2-1-3-6-15/h4,7-12,15,26H,1-3,5-6H2,(H,27,30)(H,28,29)(H,31,32). The molecular formula is C24H22N4O4. The zero-order valence-electron chi connectivity index (χ0n) is 17.3. The third-order valence-corrected chi connectivity index (χ3v) is 5.76. The van der Waals surface area contributed by atoms with E-state index in [0.29, 0.717) is 11.2 Å². The van der Waals surface area contributed by atoms with Gasteiger partial charge in [0.2, 0.25) is 5.91 Å². The predicted octanol–water partition coefficient (Wildman–Crippen LogP) is 4.51. The van der Waals surface area contributed by atoms with Gasteiger partial charge in [-0.15, -0.1) is 0 Å². The number of rotatable bonds is 5. The molecule has 0 aliphatic heterocycles. The lowest BCUT2D eigenvalue weighted by Crippen LogP contribution is -2.24. The number of anilines is 2. The predicted molar refractivity (Wildman–Crippen MR) is 120 cm³/mol. The van der Waals surface area contributed by atoms with E-state index in [4.69, 9.17) is 5.26 Å². The second-order valence-corrected chi connectivity index (χ2v) is 7.91. The van der Waals surface area contributed by atoms with Gasteiger partial charge < -0.3 is 20.7 Å². The van der Waals surface area contributed by atoms with Gasteiger partial charge in [0.05, 0.1) is 34.1 Å². The number of aromatic nitrogens is 1. The van der Waals surface area contributed by atoms with Crippen LogP contribution in [0.5, 0.6) is 0 Å². The van der Waals surface area contributed by atoms with Crippen molar-refractivity contribution < 1.29 is 19.5 Å². The Hall–Kier alpha value is -4.12. The summed E-state index contributed by atoms with van der Waals surface area (Å²) in [4.78, 5) is 40.0. The topological polar surface area (TPSA) is 135 Å². The van der Waals surface area contributed by atoms with E-state index < -0.39 is 11.9 Å². The van der Waals surface area contributed by atoms with Gasteiger partial charge >= 0.3 is 5.97 Å². The van der Waals surface area contributed by atoms with Crippen LogP contribution in [0.3, 0.4) is 0 Å². The normalized spacial score (nSPS) is 14.0. The molecule has 1 aromatic heterocycles. The number of aromatic amines is 1. The number of benzene rings is 2. The van der Waals surface area contributed by atoms with Crippen molar-refractivity contribution in [2.45, 2.75) is 32.1 Å². The number of hydrogen-bond donors (Lipinski definition) is 4. The molecule has 0 bridgehead atoms. The maximum absolute atomic E-state index is 12.8. The molecule has 8 nitrogen and oxygen atoms in total. The van der Waals surface area contributed by atoms with Crippen molar-refractivity contribution in [3.8, 4) is 6.07 Å². The fraction of sp³-hybridized carbons (Fsp3) is 0.250. The van der Waals surface area contributed by atoms with Crippen molar-refractivity contribution in [3.63, 3.8) is 0 Å². The zero-order valence-corrected chi connectivity index (χ0v) is 17.3. The van der Waals surface area contributed by atoms with Gasteiger partial charge in [-0.25, -0.2) is 4.79 Å².